The molecule has 112 valence electrons. The van der Waals surface area contributed by atoms with Crippen LogP contribution in [0.5, 0.6) is 0 Å². The molecule has 3 nitrogen and oxygen atoms in total. The minimum Gasteiger partial charge on any atom is -0.373 e. The molecule has 0 bridgehead atoms. The largest absolute Gasteiger partial charge is 0.373 e. The van der Waals surface area contributed by atoms with Crippen molar-refractivity contribution in [1.82, 2.24) is 4.90 Å². The Morgan fingerprint density at radius 3 is 2.45 bits per heavy atom. The Labute approximate surface area is 127 Å². The molecule has 20 heavy (non-hydrogen) atoms. The lowest BCUT2D eigenvalue weighted by atomic mass is 9.95. The summed E-state index contributed by atoms with van der Waals surface area (Å²) in [5.74, 6) is 0. The first-order valence-corrected chi connectivity index (χ1v) is 7.80. The number of ether oxygens (including phenoxy) is 1. The van der Waals surface area contributed by atoms with Gasteiger partial charge in [-0.25, -0.2) is 0 Å². The molecule has 0 saturated carbocycles. The molecular weight excluding hydrogens is 272 g/mol. The second kappa shape index (κ2) is 6.90. The van der Waals surface area contributed by atoms with Gasteiger partial charge in [0, 0.05) is 24.2 Å². The van der Waals surface area contributed by atoms with Crippen LogP contribution in [0.15, 0.2) is 24.3 Å². The number of hydrogen-bond acceptors (Lipinski definition) is 3. The van der Waals surface area contributed by atoms with Crippen LogP contribution in [0.25, 0.3) is 0 Å². The summed E-state index contributed by atoms with van der Waals surface area (Å²) >= 11 is 6.40. The molecule has 2 rings (SSSR count). The average Bonchev–Trinajstić information content (AvgIpc) is 2.40. The van der Waals surface area contributed by atoms with Crippen molar-refractivity contribution in [3.05, 3.63) is 34.9 Å². The minimum atomic E-state index is 0.0763. The van der Waals surface area contributed by atoms with Gasteiger partial charge in [0.05, 0.1) is 18.2 Å². The number of rotatable bonds is 4. The number of nitrogens with zero attached hydrogens (tertiary/aromatic N) is 1. The molecule has 1 aromatic carbocycles. The Kier molecular flexibility index (Phi) is 5.44. The maximum atomic E-state index is 6.40. The Bertz CT molecular complexity index is 430. The van der Waals surface area contributed by atoms with Crippen LogP contribution >= 0.6 is 11.6 Å². The van der Waals surface area contributed by atoms with E-state index in [2.05, 4.69) is 31.7 Å². The molecule has 1 aromatic rings. The van der Waals surface area contributed by atoms with Gasteiger partial charge in [-0.1, -0.05) is 36.7 Å². The Hall–Kier alpha value is -0.610. The Morgan fingerprint density at radius 2 is 1.90 bits per heavy atom. The van der Waals surface area contributed by atoms with E-state index in [4.69, 9.17) is 22.1 Å². The molecule has 0 aliphatic carbocycles. The van der Waals surface area contributed by atoms with E-state index < -0.39 is 0 Å². The molecule has 1 aliphatic rings. The first-order valence-electron chi connectivity index (χ1n) is 7.42. The van der Waals surface area contributed by atoms with E-state index >= 15 is 0 Å². The summed E-state index contributed by atoms with van der Waals surface area (Å²) in [7, 11) is 0. The van der Waals surface area contributed by atoms with Crippen molar-refractivity contribution in [1.29, 1.82) is 0 Å². The standard InChI is InChI=1S/C16H25ClN2O/c1-4-15(18)16(13-7-5-6-8-14(13)17)19-9-11(2)20-12(3)10-19/h5-8,11-12,15-16H,4,9-10,18H2,1-3H3/t11-,12+,15?,16?. The minimum absolute atomic E-state index is 0.0763. The van der Waals surface area contributed by atoms with Gasteiger partial charge in [-0.05, 0) is 31.9 Å². The van der Waals surface area contributed by atoms with E-state index in [1.54, 1.807) is 0 Å². The zero-order valence-corrected chi connectivity index (χ0v) is 13.3. The lowest BCUT2D eigenvalue weighted by Gasteiger charge is -2.42. The predicted molar refractivity (Wildman–Crippen MR) is 84.0 cm³/mol. The normalized spacial score (nSPS) is 27.2. The number of halogens is 1. The monoisotopic (exact) mass is 296 g/mol. The summed E-state index contributed by atoms with van der Waals surface area (Å²) < 4.78 is 5.83. The first-order chi connectivity index (χ1) is 9.52. The van der Waals surface area contributed by atoms with E-state index in [9.17, 15) is 0 Å². The van der Waals surface area contributed by atoms with Crippen molar-refractivity contribution >= 4 is 11.6 Å². The van der Waals surface area contributed by atoms with Gasteiger partial charge in [-0.2, -0.15) is 0 Å². The lowest BCUT2D eigenvalue weighted by molar-refractivity contribution is -0.0838. The van der Waals surface area contributed by atoms with Crippen molar-refractivity contribution in [3.63, 3.8) is 0 Å². The highest BCUT2D eigenvalue weighted by Crippen LogP contribution is 2.32. The topological polar surface area (TPSA) is 38.5 Å². The fraction of sp³-hybridized carbons (Fsp3) is 0.625. The fourth-order valence-corrected chi connectivity index (χ4v) is 3.33. The van der Waals surface area contributed by atoms with Crippen molar-refractivity contribution in [2.24, 2.45) is 5.73 Å². The number of morpholine rings is 1. The van der Waals surface area contributed by atoms with Crippen LogP contribution in [0.3, 0.4) is 0 Å². The molecule has 2 unspecified atom stereocenters. The van der Waals surface area contributed by atoms with Gasteiger partial charge in [0.25, 0.3) is 0 Å². The summed E-state index contributed by atoms with van der Waals surface area (Å²) in [5.41, 5.74) is 7.53. The van der Waals surface area contributed by atoms with Gasteiger partial charge in [0.15, 0.2) is 0 Å². The Morgan fingerprint density at radius 1 is 1.30 bits per heavy atom. The fourth-order valence-electron chi connectivity index (χ4n) is 3.08. The molecule has 0 aromatic heterocycles. The van der Waals surface area contributed by atoms with Crippen molar-refractivity contribution in [2.75, 3.05) is 13.1 Å². The van der Waals surface area contributed by atoms with E-state index in [0.29, 0.717) is 0 Å². The number of benzene rings is 1. The second-order valence-electron chi connectivity index (χ2n) is 5.75. The molecule has 0 amide bonds. The molecule has 4 heteroatoms. The van der Waals surface area contributed by atoms with Crippen LogP contribution in [0.2, 0.25) is 5.02 Å². The maximum Gasteiger partial charge on any atom is 0.0678 e. The van der Waals surface area contributed by atoms with Crippen LogP contribution in [0, 0.1) is 0 Å². The molecule has 0 radical (unpaired) electrons. The van der Waals surface area contributed by atoms with E-state index in [-0.39, 0.29) is 24.3 Å². The van der Waals surface area contributed by atoms with Crippen LogP contribution < -0.4 is 5.73 Å². The van der Waals surface area contributed by atoms with E-state index in [1.165, 1.54) is 0 Å². The lowest BCUT2D eigenvalue weighted by Crippen LogP contribution is -2.51. The van der Waals surface area contributed by atoms with Crippen LogP contribution in [-0.4, -0.2) is 36.2 Å². The summed E-state index contributed by atoms with van der Waals surface area (Å²) in [6, 6.07) is 8.26. The van der Waals surface area contributed by atoms with Gasteiger partial charge in [0.2, 0.25) is 0 Å². The zero-order valence-electron chi connectivity index (χ0n) is 12.6. The van der Waals surface area contributed by atoms with Gasteiger partial charge in [0.1, 0.15) is 0 Å². The third-order valence-electron chi connectivity index (χ3n) is 3.94. The smallest absolute Gasteiger partial charge is 0.0678 e. The first kappa shape index (κ1) is 15.8. The van der Waals surface area contributed by atoms with Crippen LogP contribution in [-0.2, 0) is 4.74 Å². The van der Waals surface area contributed by atoms with Gasteiger partial charge < -0.3 is 10.5 Å². The molecule has 1 saturated heterocycles. The Balaban J connectivity index is 2.30. The molecule has 1 heterocycles. The molecule has 1 aliphatic heterocycles. The van der Waals surface area contributed by atoms with Gasteiger partial charge >= 0.3 is 0 Å². The van der Waals surface area contributed by atoms with Crippen molar-refractivity contribution in [2.45, 2.75) is 51.5 Å². The highest BCUT2D eigenvalue weighted by molar-refractivity contribution is 6.31. The van der Waals surface area contributed by atoms with Crippen LogP contribution in [0.1, 0.15) is 38.8 Å². The summed E-state index contributed by atoms with van der Waals surface area (Å²) in [4.78, 5) is 2.42. The van der Waals surface area contributed by atoms with Gasteiger partial charge in [-0.15, -0.1) is 0 Å². The van der Waals surface area contributed by atoms with Crippen LogP contribution in [0.4, 0.5) is 0 Å². The SMILES string of the molecule is CCC(N)C(c1ccccc1Cl)N1C[C@@H](C)O[C@@H](C)C1. The van der Waals surface area contributed by atoms with E-state index in [0.717, 1.165) is 30.1 Å². The number of hydrogen-bond donors (Lipinski definition) is 1. The molecule has 1 fully saturated rings. The molecule has 0 spiro atoms. The molecule has 4 atom stereocenters. The average molecular weight is 297 g/mol. The molecular formula is C16H25ClN2O. The van der Waals surface area contributed by atoms with Crippen molar-refractivity contribution < 1.29 is 4.74 Å². The third-order valence-corrected chi connectivity index (χ3v) is 4.29. The summed E-state index contributed by atoms with van der Waals surface area (Å²) in [5, 5.41) is 0.799. The predicted octanol–water partition coefficient (Wildman–Crippen LogP) is 3.23. The number of nitrogens with two attached hydrogens (primary N) is 1. The van der Waals surface area contributed by atoms with Gasteiger partial charge in [-0.3, -0.25) is 4.90 Å². The third kappa shape index (κ3) is 3.53. The second-order valence-corrected chi connectivity index (χ2v) is 6.16. The maximum absolute atomic E-state index is 6.40. The zero-order chi connectivity index (χ0) is 14.7. The summed E-state index contributed by atoms with van der Waals surface area (Å²) in [6.07, 6.45) is 1.39. The van der Waals surface area contributed by atoms with Crippen molar-refractivity contribution in [3.8, 4) is 0 Å². The van der Waals surface area contributed by atoms with E-state index in [1.807, 2.05) is 18.2 Å². The molecule has 2 N–H and O–H groups in total. The highest BCUT2D eigenvalue weighted by atomic mass is 35.5. The quantitative estimate of drug-likeness (QED) is 0.927. The summed E-state index contributed by atoms with van der Waals surface area (Å²) in [6.45, 7) is 8.15. The highest BCUT2D eigenvalue weighted by Gasteiger charge is 2.32.